The zero-order valence-corrected chi connectivity index (χ0v) is 21.0. The van der Waals surface area contributed by atoms with E-state index in [2.05, 4.69) is 20.7 Å². The number of aromatic nitrogens is 4. The summed E-state index contributed by atoms with van der Waals surface area (Å²) in [4.78, 5) is 30.2. The topological polar surface area (TPSA) is 119 Å². The molecule has 0 saturated heterocycles. The number of carbonyl (C=O) groups is 2. The summed E-state index contributed by atoms with van der Waals surface area (Å²) >= 11 is 0. The highest BCUT2D eigenvalue weighted by molar-refractivity contribution is 5.88. The van der Waals surface area contributed by atoms with Gasteiger partial charge in [-0.2, -0.15) is 4.80 Å². The van der Waals surface area contributed by atoms with Crippen LogP contribution >= 0.6 is 0 Å². The molecule has 1 unspecified atom stereocenters. The molecule has 37 heavy (non-hydrogen) atoms. The average molecular weight is 503 g/mol. The van der Waals surface area contributed by atoms with Gasteiger partial charge in [0.1, 0.15) is 23.8 Å². The lowest BCUT2D eigenvalue weighted by molar-refractivity contribution is -0.143. The Kier molecular flexibility index (Phi) is 7.16. The minimum Gasteiger partial charge on any atom is -0.464 e. The number of aryl methyl sites for hydroxylation is 2. The zero-order chi connectivity index (χ0) is 25.8. The molecule has 10 nitrogen and oxygen atoms in total. The number of hydrogen-bond donors (Lipinski definition) is 1. The van der Waals surface area contributed by atoms with E-state index < -0.39 is 6.04 Å². The van der Waals surface area contributed by atoms with E-state index in [1.165, 1.54) is 9.70 Å². The third-order valence-electron chi connectivity index (χ3n) is 6.50. The fraction of sp³-hybridized carbons (Fsp3) is 0.370. The largest absolute Gasteiger partial charge is 0.464 e. The molecule has 0 radical (unpaired) electrons. The summed E-state index contributed by atoms with van der Waals surface area (Å²) in [5.74, 6) is 1.95. The molecular formula is C27H30N6O4. The third-order valence-corrected chi connectivity index (χ3v) is 6.50. The fourth-order valence-corrected chi connectivity index (χ4v) is 4.65. The van der Waals surface area contributed by atoms with Crippen LogP contribution < -0.4 is 5.32 Å². The second kappa shape index (κ2) is 10.8. The Balaban J connectivity index is 1.44. The lowest BCUT2D eigenvalue weighted by atomic mass is 10.1. The third kappa shape index (κ3) is 5.79. The van der Waals surface area contributed by atoms with Crippen molar-refractivity contribution in [3.63, 3.8) is 0 Å². The van der Waals surface area contributed by atoms with Crippen LogP contribution in [0.3, 0.4) is 0 Å². The summed E-state index contributed by atoms with van der Waals surface area (Å²) in [6, 6.07) is 15.8. The van der Waals surface area contributed by atoms with Crippen molar-refractivity contribution in [2.24, 2.45) is 0 Å². The maximum atomic E-state index is 13.8. The fourth-order valence-electron chi connectivity index (χ4n) is 4.65. The molecule has 1 aliphatic carbocycles. The van der Waals surface area contributed by atoms with E-state index >= 15 is 0 Å². The van der Waals surface area contributed by atoms with Crippen LogP contribution in [0.5, 0.6) is 0 Å². The van der Waals surface area contributed by atoms with Gasteiger partial charge >= 0.3 is 0 Å². The number of nitrogens with one attached hydrogen (secondary N) is 1. The Hall–Kier alpha value is -4.21. The van der Waals surface area contributed by atoms with Gasteiger partial charge in [0, 0.05) is 12.6 Å². The molecule has 1 aliphatic rings. The average Bonchev–Trinajstić information content (AvgIpc) is 3.69. The van der Waals surface area contributed by atoms with Crippen molar-refractivity contribution in [2.45, 2.75) is 64.7 Å². The highest BCUT2D eigenvalue weighted by Gasteiger charge is 2.35. The molecule has 1 N–H and O–H groups in total. The van der Waals surface area contributed by atoms with Crippen LogP contribution in [0.1, 0.15) is 54.6 Å². The molecule has 4 aromatic rings. The Bertz CT molecular complexity index is 1350. The minimum absolute atomic E-state index is 0.0935. The second-order valence-corrected chi connectivity index (χ2v) is 9.40. The van der Waals surface area contributed by atoms with Gasteiger partial charge in [0.15, 0.2) is 11.8 Å². The SMILES string of the molecule is Cc1ccc(-c2nnn(CC(=O)N(Cc3ccccc3)C(C(=O)NC3CCCC3)c3ccc(C)o3)n2)o1. The van der Waals surface area contributed by atoms with Crippen LogP contribution in [-0.4, -0.2) is 43.0 Å². The van der Waals surface area contributed by atoms with Gasteiger partial charge < -0.3 is 19.1 Å². The summed E-state index contributed by atoms with van der Waals surface area (Å²) in [7, 11) is 0. The number of tetrazole rings is 1. The molecule has 1 atom stereocenters. The number of carbonyl (C=O) groups excluding carboxylic acids is 2. The standard InChI is InChI=1S/C27H30N6O4/c1-18-12-14-22(36-18)25(27(35)28-21-10-6-7-11-21)32(16-20-8-4-3-5-9-20)24(34)17-33-30-26(29-31-33)23-15-13-19(2)37-23/h3-5,8-9,12-15,21,25H,6-7,10-11,16-17H2,1-2H3,(H,28,35). The van der Waals surface area contributed by atoms with Gasteiger partial charge in [0.2, 0.25) is 11.7 Å². The number of hydrogen-bond acceptors (Lipinski definition) is 7. The number of amides is 2. The van der Waals surface area contributed by atoms with Gasteiger partial charge in [-0.1, -0.05) is 43.2 Å². The van der Waals surface area contributed by atoms with Crippen molar-refractivity contribution < 1.29 is 18.4 Å². The number of rotatable bonds is 9. The molecule has 0 aliphatic heterocycles. The van der Waals surface area contributed by atoms with E-state index in [0.29, 0.717) is 17.3 Å². The van der Waals surface area contributed by atoms with Crippen LogP contribution in [0, 0.1) is 13.8 Å². The normalized spacial score (nSPS) is 14.5. The summed E-state index contributed by atoms with van der Waals surface area (Å²) in [5.41, 5.74) is 0.885. The molecule has 2 amide bonds. The van der Waals surface area contributed by atoms with E-state index in [9.17, 15) is 9.59 Å². The van der Waals surface area contributed by atoms with E-state index in [0.717, 1.165) is 37.0 Å². The molecule has 0 spiro atoms. The van der Waals surface area contributed by atoms with Crippen molar-refractivity contribution >= 4 is 11.8 Å². The molecule has 1 fully saturated rings. The molecule has 1 aromatic carbocycles. The number of furan rings is 2. The molecular weight excluding hydrogens is 472 g/mol. The molecule has 3 aromatic heterocycles. The first-order chi connectivity index (χ1) is 18.0. The van der Waals surface area contributed by atoms with Crippen molar-refractivity contribution in [1.82, 2.24) is 30.4 Å². The summed E-state index contributed by atoms with van der Waals surface area (Å²) in [6.07, 6.45) is 4.02. The maximum absolute atomic E-state index is 13.8. The lowest BCUT2D eigenvalue weighted by Crippen LogP contribution is -2.46. The highest BCUT2D eigenvalue weighted by atomic mass is 16.3. The highest BCUT2D eigenvalue weighted by Crippen LogP contribution is 2.28. The first-order valence-corrected chi connectivity index (χ1v) is 12.5. The molecule has 0 bridgehead atoms. The second-order valence-electron chi connectivity index (χ2n) is 9.40. The van der Waals surface area contributed by atoms with Crippen molar-refractivity contribution in [3.8, 4) is 11.6 Å². The molecule has 1 saturated carbocycles. The quantitative estimate of drug-likeness (QED) is 0.368. The van der Waals surface area contributed by atoms with Gasteiger partial charge in [-0.05, 0) is 61.7 Å². The Morgan fingerprint density at radius 3 is 2.43 bits per heavy atom. The van der Waals surface area contributed by atoms with Gasteiger partial charge in [-0.3, -0.25) is 9.59 Å². The van der Waals surface area contributed by atoms with Gasteiger partial charge in [0.25, 0.3) is 5.91 Å². The van der Waals surface area contributed by atoms with Crippen LogP contribution in [0.2, 0.25) is 0 Å². The van der Waals surface area contributed by atoms with Crippen LogP contribution in [0.15, 0.2) is 63.4 Å². The molecule has 10 heteroatoms. The Morgan fingerprint density at radius 1 is 1.03 bits per heavy atom. The smallest absolute Gasteiger partial charge is 0.250 e. The molecule has 3 heterocycles. The lowest BCUT2D eigenvalue weighted by Gasteiger charge is -2.30. The predicted molar refractivity (Wildman–Crippen MR) is 134 cm³/mol. The van der Waals surface area contributed by atoms with E-state index in [1.54, 1.807) is 18.2 Å². The van der Waals surface area contributed by atoms with Crippen molar-refractivity contribution in [1.29, 1.82) is 0 Å². The van der Waals surface area contributed by atoms with Gasteiger partial charge in [-0.25, -0.2) is 0 Å². The van der Waals surface area contributed by atoms with Gasteiger partial charge in [0.05, 0.1) is 0 Å². The first kappa shape index (κ1) is 24.5. The molecule has 192 valence electrons. The summed E-state index contributed by atoms with van der Waals surface area (Å²) in [5, 5.41) is 15.5. The van der Waals surface area contributed by atoms with E-state index in [4.69, 9.17) is 8.83 Å². The number of benzene rings is 1. The van der Waals surface area contributed by atoms with Crippen LogP contribution in [0.25, 0.3) is 11.6 Å². The van der Waals surface area contributed by atoms with E-state index in [1.807, 2.05) is 50.2 Å². The van der Waals surface area contributed by atoms with Crippen LogP contribution in [-0.2, 0) is 22.7 Å². The first-order valence-electron chi connectivity index (χ1n) is 12.5. The van der Waals surface area contributed by atoms with Crippen molar-refractivity contribution in [3.05, 3.63) is 77.4 Å². The Morgan fingerprint density at radius 2 is 1.76 bits per heavy atom. The number of nitrogens with zero attached hydrogens (tertiary/aromatic N) is 5. The molecule has 5 rings (SSSR count). The monoisotopic (exact) mass is 502 g/mol. The minimum atomic E-state index is -0.947. The Labute approximate surface area is 214 Å². The summed E-state index contributed by atoms with van der Waals surface area (Å²) in [6.45, 7) is 3.65. The van der Waals surface area contributed by atoms with Gasteiger partial charge in [-0.15, -0.1) is 10.2 Å². The van der Waals surface area contributed by atoms with Crippen LogP contribution in [0.4, 0.5) is 0 Å². The predicted octanol–water partition coefficient (Wildman–Crippen LogP) is 3.97. The zero-order valence-electron chi connectivity index (χ0n) is 21.0. The van der Waals surface area contributed by atoms with E-state index in [-0.39, 0.29) is 36.8 Å². The summed E-state index contributed by atoms with van der Waals surface area (Å²) < 4.78 is 11.5. The van der Waals surface area contributed by atoms with Crippen molar-refractivity contribution in [2.75, 3.05) is 0 Å². The maximum Gasteiger partial charge on any atom is 0.250 e.